The van der Waals surface area contributed by atoms with Crippen LogP contribution < -0.4 is 0 Å². The summed E-state index contributed by atoms with van der Waals surface area (Å²) in [4.78, 5) is 14.8. The number of likely N-dealkylation sites (tertiary alicyclic amines) is 1. The Hall–Kier alpha value is -1.89. The number of nitrogens with zero attached hydrogens (tertiary/aromatic N) is 2. The van der Waals surface area contributed by atoms with E-state index in [1.165, 1.54) is 35.6 Å². The topological polar surface area (TPSA) is 44.1 Å². The van der Waals surface area contributed by atoms with Gasteiger partial charge in [0, 0.05) is 6.54 Å². The lowest BCUT2D eigenvalue weighted by atomic mass is 9.78. The average Bonchev–Trinajstić information content (AvgIpc) is 2.86. The third kappa shape index (κ3) is 2.82. The Labute approximate surface area is 155 Å². The molecule has 0 aromatic heterocycles. The summed E-state index contributed by atoms with van der Waals surface area (Å²) in [6.45, 7) is 5.02. The van der Waals surface area contributed by atoms with Gasteiger partial charge in [-0.3, -0.25) is 4.79 Å². The van der Waals surface area contributed by atoms with Crippen molar-refractivity contribution < 1.29 is 9.18 Å². The standard InChI is InChI=1S/C22H27FN2O/c1-14-10-16-4-5-17(11-14)20-15(2)25(9-6-19(16)20)21(26)18(13-24)12-22(23)7-3-8-22/h12,14-15H,3-11H2,1-2H3/b18-12-. The summed E-state index contributed by atoms with van der Waals surface area (Å²) >= 11 is 0. The highest BCUT2D eigenvalue weighted by Crippen LogP contribution is 2.46. The van der Waals surface area contributed by atoms with Crippen LogP contribution >= 0.6 is 0 Å². The molecule has 26 heavy (non-hydrogen) atoms. The number of amides is 1. The van der Waals surface area contributed by atoms with E-state index in [2.05, 4.69) is 13.8 Å². The van der Waals surface area contributed by atoms with Crippen molar-refractivity contribution in [3.8, 4) is 6.07 Å². The highest BCUT2D eigenvalue weighted by Gasteiger charge is 2.40. The fourth-order valence-corrected chi connectivity index (χ4v) is 5.27. The van der Waals surface area contributed by atoms with Crippen LogP contribution in [0.4, 0.5) is 4.39 Å². The first-order chi connectivity index (χ1) is 12.4. The summed E-state index contributed by atoms with van der Waals surface area (Å²) in [6.07, 6.45) is 8.40. The van der Waals surface area contributed by atoms with Crippen LogP contribution in [0.1, 0.15) is 65.2 Å². The van der Waals surface area contributed by atoms with Crippen molar-refractivity contribution in [2.45, 2.75) is 76.9 Å². The minimum Gasteiger partial charge on any atom is -0.331 e. The maximum absolute atomic E-state index is 14.4. The molecule has 3 fully saturated rings. The second-order valence-electron chi connectivity index (χ2n) is 8.60. The Morgan fingerprint density at radius 2 is 1.92 bits per heavy atom. The first-order valence-corrected chi connectivity index (χ1v) is 9.98. The van der Waals surface area contributed by atoms with Gasteiger partial charge in [0.15, 0.2) is 0 Å². The minimum atomic E-state index is -1.45. The molecule has 2 unspecified atom stereocenters. The van der Waals surface area contributed by atoms with Gasteiger partial charge < -0.3 is 4.90 Å². The van der Waals surface area contributed by atoms with Gasteiger partial charge in [0.2, 0.25) is 0 Å². The molecule has 1 saturated heterocycles. The highest BCUT2D eigenvalue weighted by atomic mass is 19.1. The monoisotopic (exact) mass is 354 g/mol. The van der Waals surface area contributed by atoms with Crippen molar-refractivity contribution >= 4 is 5.91 Å². The predicted molar refractivity (Wildman–Crippen MR) is 98.9 cm³/mol. The van der Waals surface area contributed by atoms with Crippen LogP contribution in [0.2, 0.25) is 0 Å². The number of nitriles is 1. The molecule has 0 N–H and O–H groups in total. The Morgan fingerprint density at radius 3 is 2.58 bits per heavy atom. The maximum Gasteiger partial charge on any atom is 0.264 e. The number of carbonyl (C=O) groups is 1. The van der Waals surface area contributed by atoms with Gasteiger partial charge in [-0.25, -0.2) is 4.39 Å². The van der Waals surface area contributed by atoms with E-state index >= 15 is 0 Å². The number of piperidine rings is 1. The number of carbonyl (C=O) groups excluding carboxylic acids is 1. The van der Waals surface area contributed by atoms with Crippen LogP contribution in [0, 0.1) is 17.2 Å². The van der Waals surface area contributed by atoms with Gasteiger partial charge in [0.25, 0.3) is 5.91 Å². The summed E-state index contributed by atoms with van der Waals surface area (Å²) in [7, 11) is 0. The van der Waals surface area contributed by atoms with E-state index in [0.29, 0.717) is 25.3 Å². The number of halogens is 1. The van der Waals surface area contributed by atoms with E-state index in [4.69, 9.17) is 0 Å². The highest BCUT2D eigenvalue weighted by molar-refractivity contribution is 5.98. The first-order valence-electron chi connectivity index (χ1n) is 9.98. The number of alkyl halides is 1. The van der Waals surface area contributed by atoms with Crippen LogP contribution in [-0.4, -0.2) is 29.1 Å². The fraction of sp³-hybridized carbons (Fsp3) is 0.636. The zero-order valence-electron chi connectivity index (χ0n) is 15.8. The largest absolute Gasteiger partial charge is 0.331 e. The van der Waals surface area contributed by atoms with Crippen LogP contribution in [0.25, 0.3) is 0 Å². The quantitative estimate of drug-likeness (QED) is 0.530. The normalized spacial score (nSPS) is 30.5. The Kier molecular flexibility index (Phi) is 4.29. The second kappa shape index (κ2) is 6.37. The molecule has 1 heterocycles. The lowest BCUT2D eigenvalue weighted by Crippen LogP contribution is -2.46. The molecular formula is C22H27FN2O. The molecule has 0 radical (unpaired) electrons. The number of hydrogen-bond donors (Lipinski definition) is 0. The second-order valence-corrected chi connectivity index (χ2v) is 8.60. The molecule has 3 nitrogen and oxygen atoms in total. The van der Waals surface area contributed by atoms with Crippen LogP contribution in [-0.2, 0) is 4.79 Å². The molecule has 138 valence electrons. The smallest absolute Gasteiger partial charge is 0.264 e. The van der Waals surface area contributed by atoms with Crippen molar-refractivity contribution in [3.63, 3.8) is 0 Å². The Balaban J connectivity index is 1.64. The molecule has 0 aromatic carbocycles. The Bertz CT molecular complexity index is 778. The molecule has 2 saturated carbocycles. The Morgan fingerprint density at radius 1 is 1.23 bits per heavy atom. The molecule has 0 spiro atoms. The van der Waals surface area contributed by atoms with Gasteiger partial charge in [-0.15, -0.1) is 0 Å². The van der Waals surface area contributed by atoms with Crippen molar-refractivity contribution in [1.29, 1.82) is 5.26 Å². The van der Waals surface area contributed by atoms with Gasteiger partial charge in [0.1, 0.15) is 17.3 Å². The molecule has 5 rings (SSSR count). The van der Waals surface area contributed by atoms with E-state index in [-0.39, 0.29) is 17.5 Å². The van der Waals surface area contributed by atoms with Gasteiger partial charge in [0.05, 0.1) is 6.04 Å². The SMILES string of the molecule is CC1CC2=C3CCN(C(=O)/C(C#N)=C\C4(F)CCC4)C(C)C3=C(CC2)C1. The molecule has 4 aliphatic carbocycles. The van der Waals surface area contributed by atoms with E-state index < -0.39 is 5.67 Å². The molecule has 0 aromatic rings. The number of allylic oxidation sites excluding steroid dienone is 3. The van der Waals surface area contributed by atoms with Crippen molar-refractivity contribution in [2.75, 3.05) is 6.54 Å². The lowest BCUT2D eigenvalue weighted by Gasteiger charge is -2.41. The molecule has 5 aliphatic rings. The molecule has 2 atom stereocenters. The average molecular weight is 354 g/mol. The molecule has 1 amide bonds. The number of fused-ring (bicyclic) bond motifs is 3. The molecular weight excluding hydrogens is 327 g/mol. The first kappa shape index (κ1) is 17.5. The van der Waals surface area contributed by atoms with E-state index in [0.717, 1.165) is 25.7 Å². The molecule has 2 bridgehead atoms. The van der Waals surface area contributed by atoms with E-state index in [9.17, 15) is 14.4 Å². The third-order valence-electron chi connectivity index (χ3n) is 6.74. The van der Waals surface area contributed by atoms with Gasteiger partial charge in [-0.05, 0) is 81.4 Å². The summed E-state index contributed by atoms with van der Waals surface area (Å²) in [5, 5.41) is 9.46. The summed E-state index contributed by atoms with van der Waals surface area (Å²) < 4.78 is 14.4. The van der Waals surface area contributed by atoms with Gasteiger partial charge >= 0.3 is 0 Å². The number of rotatable bonds is 2. The minimum absolute atomic E-state index is 0.0180. The summed E-state index contributed by atoms with van der Waals surface area (Å²) in [6, 6.07) is 1.95. The maximum atomic E-state index is 14.4. The third-order valence-corrected chi connectivity index (χ3v) is 6.74. The van der Waals surface area contributed by atoms with E-state index in [1.54, 1.807) is 10.5 Å². The van der Waals surface area contributed by atoms with Gasteiger partial charge in [-0.1, -0.05) is 18.1 Å². The molecule has 1 aliphatic heterocycles. The van der Waals surface area contributed by atoms with Crippen molar-refractivity contribution in [3.05, 3.63) is 33.9 Å². The zero-order valence-corrected chi connectivity index (χ0v) is 15.8. The van der Waals surface area contributed by atoms with Crippen LogP contribution in [0.15, 0.2) is 33.9 Å². The van der Waals surface area contributed by atoms with E-state index in [1.807, 2.05) is 6.07 Å². The van der Waals surface area contributed by atoms with Gasteiger partial charge in [-0.2, -0.15) is 5.26 Å². The van der Waals surface area contributed by atoms with Crippen molar-refractivity contribution in [1.82, 2.24) is 4.90 Å². The lowest BCUT2D eigenvalue weighted by molar-refractivity contribution is -0.128. The van der Waals surface area contributed by atoms with Crippen LogP contribution in [0.3, 0.4) is 0 Å². The summed E-state index contributed by atoms with van der Waals surface area (Å²) in [5.74, 6) is 0.373. The number of hydrogen-bond acceptors (Lipinski definition) is 2. The fourth-order valence-electron chi connectivity index (χ4n) is 5.27. The van der Waals surface area contributed by atoms with Crippen molar-refractivity contribution in [2.24, 2.45) is 5.92 Å². The van der Waals surface area contributed by atoms with Crippen LogP contribution in [0.5, 0.6) is 0 Å². The zero-order chi connectivity index (χ0) is 18.5. The molecule has 4 heteroatoms. The predicted octanol–water partition coefficient (Wildman–Crippen LogP) is 4.77. The summed E-state index contributed by atoms with van der Waals surface area (Å²) in [5.41, 5.74) is 4.45.